The Balaban J connectivity index is 1.79. The quantitative estimate of drug-likeness (QED) is 0.779. The fraction of sp³-hybridized carbons (Fsp3) is 0.125. The van der Waals surface area contributed by atoms with E-state index in [1.165, 1.54) is 30.6 Å². The summed E-state index contributed by atoms with van der Waals surface area (Å²) in [6.07, 6.45) is 1.70. The lowest BCUT2D eigenvalue weighted by Gasteiger charge is -2.13. The number of halogens is 1. The first-order valence-electron chi connectivity index (χ1n) is 6.70. The number of carbonyl (C=O) groups is 2. The maximum absolute atomic E-state index is 13.7. The van der Waals surface area contributed by atoms with Gasteiger partial charge in [0.15, 0.2) is 11.6 Å². The molecule has 23 heavy (non-hydrogen) atoms. The molecule has 0 saturated carbocycles. The van der Waals surface area contributed by atoms with Crippen LogP contribution in [0.15, 0.2) is 40.6 Å². The van der Waals surface area contributed by atoms with Crippen LogP contribution in [0.2, 0.25) is 0 Å². The summed E-state index contributed by atoms with van der Waals surface area (Å²) in [5, 5.41) is 1.55. The van der Waals surface area contributed by atoms with Crippen molar-refractivity contribution in [3.63, 3.8) is 0 Å². The van der Waals surface area contributed by atoms with Crippen LogP contribution in [0, 0.1) is 5.82 Å². The molecule has 0 bridgehead atoms. The van der Waals surface area contributed by atoms with E-state index in [2.05, 4.69) is 0 Å². The molecular weight excluding hydrogens is 337 g/mol. The Bertz CT molecular complexity index is 787. The van der Waals surface area contributed by atoms with Gasteiger partial charge in [-0.25, -0.2) is 4.39 Å². The lowest BCUT2D eigenvalue weighted by atomic mass is 10.2. The Hall–Kier alpha value is -2.12. The van der Waals surface area contributed by atoms with Gasteiger partial charge in [-0.05, 0) is 47.0 Å². The largest absolute Gasteiger partial charge is 0.494 e. The van der Waals surface area contributed by atoms with E-state index in [9.17, 15) is 14.0 Å². The second-order valence-electron chi connectivity index (χ2n) is 4.75. The molecule has 1 aliphatic rings. The Kier molecular flexibility index (Phi) is 4.49. The molecule has 0 aliphatic carbocycles. The minimum atomic E-state index is -0.522. The third kappa shape index (κ3) is 3.30. The number of imide groups is 1. The Morgan fingerprint density at radius 2 is 2.13 bits per heavy atom. The highest BCUT2D eigenvalue weighted by Crippen LogP contribution is 2.34. The number of thioether (sulfide) groups is 1. The number of rotatable bonds is 4. The van der Waals surface area contributed by atoms with Gasteiger partial charge in [0.1, 0.15) is 0 Å². The highest BCUT2D eigenvalue weighted by Gasteiger charge is 2.35. The molecule has 1 saturated heterocycles. The molecule has 2 amide bonds. The Labute approximate surface area is 140 Å². The van der Waals surface area contributed by atoms with Gasteiger partial charge in [0.2, 0.25) is 0 Å². The zero-order valence-electron chi connectivity index (χ0n) is 12.1. The van der Waals surface area contributed by atoms with Gasteiger partial charge in [0, 0.05) is 4.88 Å². The van der Waals surface area contributed by atoms with Gasteiger partial charge in [-0.1, -0.05) is 12.1 Å². The van der Waals surface area contributed by atoms with E-state index in [1.54, 1.807) is 12.1 Å². The topological polar surface area (TPSA) is 46.6 Å². The lowest BCUT2D eigenvalue weighted by Crippen LogP contribution is -2.27. The summed E-state index contributed by atoms with van der Waals surface area (Å²) < 4.78 is 18.6. The lowest BCUT2D eigenvalue weighted by molar-refractivity contribution is -0.123. The molecule has 0 atom stereocenters. The van der Waals surface area contributed by atoms with Crippen LogP contribution in [0.3, 0.4) is 0 Å². The number of amides is 2. The van der Waals surface area contributed by atoms with E-state index in [-0.39, 0.29) is 23.4 Å². The van der Waals surface area contributed by atoms with E-state index in [4.69, 9.17) is 4.74 Å². The smallest absolute Gasteiger partial charge is 0.293 e. The van der Waals surface area contributed by atoms with Crippen LogP contribution in [0.25, 0.3) is 6.08 Å². The third-order valence-electron chi connectivity index (χ3n) is 3.25. The molecule has 2 heterocycles. The van der Waals surface area contributed by atoms with Crippen LogP contribution in [0.5, 0.6) is 5.75 Å². The van der Waals surface area contributed by atoms with Gasteiger partial charge in [-0.2, -0.15) is 0 Å². The van der Waals surface area contributed by atoms with Crippen molar-refractivity contribution in [3.8, 4) is 5.75 Å². The molecule has 1 aliphatic heterocycles. The van der Waals surface area contributed by atoms with E-state index >= 15 is 0 Å². The fourth-order valence-electron chi connectivity index (χ4n) is 2.13. The summed E-state index contributed by atoms with van der Waals surface area (Å²) in [5.74, 6) is -0.754. The van der Waals surface area contributed by atoms with Crippen LogP contribution < -0.4 is 4.74 Å². The predicted molar refractivity (Wildman–Crippen MR) is 88.8 cm³/mol. The molecule has 0 radical (unpaired) electrons. The number of hydrogen-bond acceptors (Lipinski definition) is 5. The zero-order chi connectivity index (χ0) is 16.4. The number of thiophene rings is 1. The average Bonchev–Trinajstić information content (AvgIpc) is 3.12. The number of methoxy groups -OCH3 is 1. The third-order valence-corrected chi connectivity index (χ3v) is 4.97. The summed E-state index contributed by atoms with van der Waals surface area (Å²) in [6.45, 7) is 0.0351. The Morgan fingerprint density at radius 1 is 1.30 bits per heavy atom. The molecule has 3 rings (SSSR count). The van der Waals surface area contributed by atoms with Crippen LogP contribution in [-0.4, -0.2) is 23.2 Å². The van der Waals surface area contributed by atoms with Crippen molar-refractivity contribution in [1.29, 1.82) is 0 Å². The molecule has 1 fully saturated rings. The van der Waals surface area contributed by atoms with Gasteiger partial charge in [-0.3, -0.25) is 14.5 Å². The molecule has 2 aromatic rings. The molecule has 0 unspecified atom stereocenters. The summed E-state index contributed by atoms with van der Waals surface area (Å²) in [5.41, 5.74) is 0.531. The van der Waals surface area contributed by atoms with Gasteiger partial charge in [0.25, 0.3) is 11.1 Å². The molecule has 1 aromatic carbocycles. The maximum atomic E-state index is 13.7. The molecule has 0 spiro atoms. The summed E-state index contributed by atoms with van der Waals surface area (Å²) in [4.78, 5) is 26.8. The highest BCUT2D eigenvalue weighted by atomic mass is 32.2. The van der Waals surface area contributed by atoms with Crippen molar-refractivity contribution >= 4 is 40.3 Å². The van der Waals surface area contributed by atoms with E-state index in [0.717, 1.165) is 21.5 Å². The first kappa shape index (κ1) is 15.8. The van der Waals surface area contributed by atoms with Crippen molar-refractivity contribution in [2.45, 2.75) is 6.54 Å². The van der Waals surface area contributed by atoms with Crippen LogP contribution in [0.4, 0.5) is 9.18 Å². The Morgan fingerprint density at radius 3 is 2.78 bits per heavy atom. The zero-order valence-corrected chi connectivity index (χ0v) is 13.7. The van der Waals surface area contributed by atoms with Crippen molar-refractivity contribution in [1.82, 2.24) is 4.90 Å². The molecule has 7 heteroatoms. The number of benzene rings is 1. The molecule has 0 N–H and O–H groups in total. The molecule has 1 aromatic heterocycles. The summed E-state index contributed by atoms with van der Waals surface area (Å²) >= 11 is 2.39. The minimum Gasteiger partial charge on any atom is -0.494 e. The van der Waals surface area contributed by atoms with E-state index in [0.29, 0.717) is 10.5 Å². The van der Waals surface area contributed by atoms with Crippen molar-refractivity contribution in [3.05, 3.63) is 56.9 Å². The van der Waals surface area contributed by atoms with Gasteiger partial charge < -0.3 is 4.74 Å². The standard InChI is InChI=1S/C16H12FNO3S2/c1-21-13-5-4-10(7-12(13)17)9-18-15(19)14(23-16(18)20)8-11-3-2-6-22-11/h2-8H,9H2,1H3/b14-8-. The minimum absolute atomic E-state index is 0.0351. The van der Waals surface area contributed by atoms with E-state index in [1.807, 2.05) is 17.5 Å². The van der Waals surface area contributed by atoms with Crippen LogP contribution >= 0.6 is 23.1 Å². The second-order valence-corrected chi connectivity index (χ2v) is 6.72. The van der Waals surface area contributed by atoms with Gasteiger partial charge >= 0.3 is 0 Å². The fourth-order valence-corrected chi connectivity index (χ4v) is 3.69. The maximum Gasteiger partial charge on any atom is 0.293 e. The number of carbonyl (C=O) groups excluding carboxylic acids is 2. The molecule has 4 nitrogen and oxygen atoms in total. The summed E-state index contributed by atoms with van der Waals surface area (Å²) in [7, 11) is 1.38. The SMILES string of the molecule is COc1ccc(CN2C(=O)S/C(=C\c3cccs3)C2=O)cc1F. The number of ether oxygens (including phenoxy) is 1. The van der Waals surface area contributed by atoms with Crippen molar-refractivity contribution < 1.29 is 18.7 Å². The molecular formula is C16H12FNO3S2. The summed E-state index contributed by atoms with van der Waals surface area (Å²) in [6, 6.07) is 8.13. The van der Waals surface area contributed by atoms with E-state index < -0.39 is 5.82 Å². The monoisotopic (exact) mass is 349 g/mol. The van der Waals surface area contributed by atoms with Gasteiger partial charge in [0.05, 0.1) is 18.6 Å². The second kappa shape index (κ2) is 6.55. The van der Waals surface area contributed by atoms with Crippen LogP contribution in [0.1, 0.15) is 10.4 Å². The van der Waals surface area contributed by atoms with Crippen LogP contribution in [-0.2, 0) is 11.3 Å². The average molecular weight is 349 g/mol. The predicted octanol–water partition coefficient (Wildman–Crippen LogP) is 4.13. The van der Waals surface area contributed by atoms with Crippen molar-refractivity contribution in [2.75, 3.05) is 7.11 Å². The first-order chi connectivity index (χ1) is 11.1. The normalized spacial score (nSPS) is 16.4. The number of hydrogen-bond donors (Lipinski definition) is 0. The van der Waals surface area contributed by atoms with Gasteiger partial charge in [-0.15, -0.1) is 11.3 Å². The number of nitrogens with zero attached hydrogens (tertiary/aromatic N) is 1. The highest BCUT2D eigenvalue weighted by molar-refractivity contribution is 8.18. The first-order valence-corrected chi connectivity index (χ1v) is 8.39. The van der Waals surface area contributed by atoms with Crippen molar-refractivity contribution in [2.24, 2.45) is 0 Å². The molecule has 118 valence electrons.